The van der Waals surface area contributed by atoms with Gasteiger partial charge in [-0.05, 0) is 47.6 Å². The summed E-state index contributed by atoms with van der Waals surface area (Å²) >= 11 is 2.34. The highest BCUT2D eigenvalue weighted by Crippen LogP contribution is 2.24. The summed E-state index contributed by atoms with van der Waals surface area (Å²) in [4.78, 5) is 0. The molecule has 0 fully saturated rings. The summed E-state index contributed by atoms with van der Waals surface area (Å²) in [5.74, 6) is 1.89. The SMILES string of the molecule is CCCCCCCCOc1cc(I)cc(OCCCCCCCC)c1. The van der Waals surface area contributed by atoms with Crippen LogP contribution in [0, 0.1) is 3.57 Å². The molecule has 1 rings (SSSR count). The molecule has 0 saturated carbocycles. The van der Waals surface area contributed by atoms with Gasteiger partial charge in [0.1, 0.15) is 11.5 Å². The molecule has 0 heterocycles. The van der Waals surface area contributed by atoms with Crippen molar-refractivity contribution in [2.24, 2.45) is 0 Å². The molecule has 3 heteroatoms. The van der Waals surface area contributed by atoms with Gasteiger partial charge < -0.3 is 9.47 Å². The summed E-state index contributed by atoms with van der Waals surface area (Å²) in [7, 11) is 0. The van der Waals surface area contributed by atoms with E-state index in [0.29, 0.717) is 0 Å². The van der Waals surface area contributed by atoms with Crippen molar-refractivity contribution in [2.45, 2.75) is 90.9 Å². The molecule has 0 aromatic heterocycles. The van der Waals surface area contributed by atoms with Crippen molar-refractivity contribution in [3.05, 3.63) is 21.8 Å². The van der Waals surface area contributed by atoms with Gasteiger partial charge in [0.25, 0.3) is 0 Å². The summed E-state index contributed by atoms with van der Waals surface area (Å²) < 4.78 is 13.0. The van der Waals surface area contributed by atoms with Crippen LogP contribution in [-0.2, 0) is 0 Å². The number of hydrogen-bond donors (Lipinski definition) is 0. The number of ether oxygens (including phenoxy) is 2. The Hall–Kier alpha value is -0.450. The van der Waals surface area contributed by atoms with Crippen LogP contribution in [0.2, 0.25) is 0 Å². The van der Waals surface area contributed by atoms with Gasteiger partial charge in [-0.2, -0.15) is 0 Å². The normalized spacial score (nSPS) is 10.8. The van der Waals surface area contributed by atoms with Gasteiger partial charge >= 0.3 is 0 Å². The van der Waals surface area contributed by atoms with E-state index in [1.807, 2.05) is 6.07 Å². The molecular weight excluding hydrogens is 423 g/mol. The fourth-order valence-corrected chi connectivity index (χ4v) is 3.46. The fourth-order valence-electron chi connectivity index (χ4n) is 2.85. The molecule has 0 atom stereocenters. The van der Waals surface area contributed by atoms with Gasteiger partial charge in [0.05, 0.1) is 13.2 Å². The minimum absolute atomic E-state index is 0.809. The number of halogens is 1. The van der Waals surface area contributed by atoms with Crippen molar-refractivity contribution in [3.63, 3.8) is 0 Å². The summed E-state index contributed by atoms with van der Waals surface area (Å²) in [5.41, 5.74) is 0. The first-order chi connectivity index (χ1) is 12.3. The van der Waals surface area contributed by atoms with E-state index in [1.165, 1.54) is 67.8 Å². The van der Waals surface area contributed by atoms with Crippen molar-refractivity contribution in [2.75, 3.05) is 13.2 Å². The average molecular weight is 460 g/mol. The molecule has 144 valence electrons. The van der Waals surface area contributed by atoms with Crippen molar-refractivity contribution in [1.82, 2.24) is 0 Å². The van der Waals surface area contributed by atoms with Crippen LogP contribution in [0.25, 0.3) is 0 Å². The predicted octanol–water partition coefficient (Wildman–Crippen LogP) is 7.77. The summed E-state index contributed by atoms with van der Waals surface area (Å²) in [5, 5.41) is 0. The summed E-state index contributed by atoms with van der Waals surface area (Å²) in [6, 6.07) is 6.22. The average Bonchev–Trinajstić information content (AvgIpc) is 2.60. The molecule has 0 aliphatic rings. The first-order valence-electron chi connectivity index (χ1n) is 10.3. The Morgan fingerprint density at radius 3 is 1.44 bits per heavy atom. The van der Waals surface area contributed by atoms with Crippen molar-refractivity contribution >= 4 is 22.6 Å². The molecule has 0 spiro atoms. The lowest BCUT2D eigenvalue weighted by Gasteiger charge is -2.11. The van der Waals surface area contributed by atoms with Crippen LogP contribution in [0.15, 0.2) is 18.2 Å². The second-order valence-corrected chi connectivity index (χ2v) is 8.10. The molecule has 0 aliphatic heterocycles. The molecule has 0 radical (unpaired) electrons. The zero-order valence-corrected chi connectivity index (χ0v) is 18.5. The van der Waals surface area contributed by atoms with E-state index in [-0.39, 0.29) is 0 Å². The lowest BCUT2D eigenvalue weighted by atomic mass is 10.1. The van der Waals surface area contributed by atoms with E-state index >= 15 is 0 Å². The van der Waals surface area contributed by atoms with Crippen LogP contribution >= 0.6 is 22.6 Å². The fraction of sp³-hybridized carbons (Fsp3) is 0.727. The molecule has 1 aromatic carbocycles. The second kappa shape index (κ2) is 15.8. The van der Waals surface area contributed by atoms with E-state index < -0.39 is 0 Å². The van der Waals surface area contributed by atoms with E-state index in [2.05, 4.69) is 48.6 Å². The largest absolute Gasteiger partial charge is 0.493 e. The van der Waals surface area contributed by atoms with Gasteiger partial charge in [-0.25, -0.2) is 0 Å². The van der Waals surface area contributed by atoms with Crippen LogP contribution in [0.1, 0.15) is 90.9 Å². The molecule has 0 aliphatic carbocycles. The maximum absolute atomic E-state index is 5.92. The zero-order chi connectivity index (χ0) is 18.2. The topological polar surface area (TPSA) is 18.5 Å². The Bertz CT molecular complexity index is 398. The van der Waals surface area contributed by atoms with Gasteiger partial charge in [0, 0.05) is 9.64 Å². The van der Waals surface area contributed by atoms with Crippen LogP contribution in [-0.4, -0.2) is 13.2 Å². The van der Waals surface area contributed by atoms with Crippen molar-refractivity contribution < 1.29 is 9.47 Å². The molecule has 25 heavy (non-hydrogen) atoms. The first kappa shape index (κ1) is 22.6. The van der Waals surface area contributed by atoms with E-state index in [0.717, 1.165) is 37.6 Å². The van der Waals surface area contributed by atoms with Gasteiger partial charge in [-0.15, -0.1) is 0 Å². The number of hydrogen-bond acceptors (Lipinski definition) is 2. The lowest BCUT2D eigenvalue weighted by molar-refractivity contribution is 0.289. The van der Waals surface area contributed by atoms with Gasteiger partial charge in [-0.1, -0.05) is 78.1 Å². The first-order valence-corrected chi connectivity index (χ1v) is 11.4. The highest BCUT2D eigenvalue weighted by molar-refractivity contribution is 14.1. The number of benzene rings is 1. The summed E-state index contributed by atoms with van der Waals surface area (Å²) in [6.45, 7) is 6.13. The molecule has 1 aromatic rings. The van der Waals surface area contributed by atoms with E-state index in [1.54, 1.807) is 0 Å². The van der Waals surface area contributed by atoms with Crippen LogP contribution in [0.3, 0.4) is 0 Å². The minimum Gasteiger partial charge on any atom is -0.493 e. The molecular formula is C22H37IO2. The molecule has 0 bridgehead atoms. The molecule has 2 nitrogen and oxygen atoms in total. The quantitative estimate of drug-likeness (QED) is 0.185. The third-order valence-electron chi connectivity index (χ3n) is 4.38. The van der Waals surface area contributed by atoms with Crippen molar-refractivity contribution in [3.8, 4) is 11.5 Å². The zero-order valence-electron chi connectivity index (χ0n) is 16.3. The Labute approximate surface area is 169 Å². The molecule has 0 unspecified atom stereocenters. The smallest absolute Gasteiger partial charge is 0.124 e. The van der Waals surface area contributed by atoms with E-state index in [4.69, 9.17) is 9.47 Å². The van der Waals surface area contributed by atoms with Gasteiger partial charge in [0.15, 0.2) is 0 Å². The Balaban J connectivity index is 2.19. The molecule has 0 amide bonds. The predicted molar refractivity (Wildman–Crippen MR) is 117 cm³/mol. The minimum atomic E-state index is 0.809. The molecule has 0 N–H and O–H groups in total. The number of rotatable bonds is 16. The highest BCUT2D eigenvalue weighted by atomic mass is 127. The second-order valence-electron chi connectivity index (χ2n) is 6.86. The summed E-state index contributed by atoms with van der Waals surface area (Å²) in [6.07, 6.45) is 15.5. The Morgan fingerprint density at radius 1 is 0.600 bits per heavy atom. The lowest BCUT2D eigenvalue weighted by Crippen LogP contribution is -2.00. The van der Waals surface area contributed by atoms with Crippen molar-refractivity contribution in [1.29, 1.82) is 0 Å². The number of unbranched alkanes of at least 4 members (excludes halogenated alkanes) is 10. The third kappa shape index (κ3) is 12.5. The van der Waals surface area contributed by atoms with Crippen LogP contribution in [0.5, 0.6) is 11.5 Å². The van der Waals surface area contributed by atoms with Gasteiger partial charge in [-0.3, -0.25) is 0 Å². The van der Waals surface area contributed by atoms with Crippen LogP contribution in [0.4, 0.5) is 0 Å². The molecule has 0 saturated heterocycles. The maximum Gasteiger partial charge on any atom is 0.124 e. The Morgan fingerprint density at radius 2 is 1.00 bits per heavy atom. The monoisotopic (exact) mass is 460 g/mol. The Kier molecular flexibility index (Phi) is 14.3. The van der Waals surface area contributed by atoms with Crippen LogP contribution < -0.4 is 9.47 Å². The maximum atomic E-state index is 5.92. The third-order valence-corrected chi connectivity index (χ3v) is 5.00. The highest BCUT2D eigenvalue weighted by Gasteiger charge is 2.02. The standard InChI is InChI=1S/C22H37IO2/c1-3-5-7-9-11-13-15-24-21-17-20(23)18-22(19-21)25-16-14-12-10-8-6-4-2/h17-19H,3-16H2,1-2H3. The van der Waals surface area contributed by atoms with Gasteiger partial charge in [0.2, 0.25) is 0 Å². The van der Waals surface area contributed by atoms with E-state index in [9.17, 15) is 0 Å².